The highest BCUT2D eigenvalue weighted by Crippen LogP contribution is 2.40. The van der Waals surface area contributed by atoms with E-state index in [4.69, 9.17) is 14.3 Å². The van der Waals surface area contributed by atoms with E-state index in [0.717, 1.165) is 40.0 Å². The van der Waals surface area contributed by atoms with Crippen LogP contribution in [-0.2, 0) is 23.0 Å². The molecule has 0 saturated carbocycles. The summed E-state index contributed by atoms with van der Waals surface area (Å²) in [5.74, 6) is -1.30. The van der Waals surface area contributed by atoms with Crippen LogP contribution >= 0.6 is 0 Å². The number of halogens is 2. The van der Waals surface area contributed by atoms with E-state index in [0.29, 0.717) is 25.3 Å². The zero-order valence-electron chi connectivity index (χ0n) is 25.0. The molecule has 0 N–H and O–H groups in total. The molecular weight excluding hydrogens is 564 g/mol. The predicted octanol–water partition coefficient (Wildman–Crippen LogP) is 6.06. The van der Waals surface area contributed by atoms with Gasteiger partial charge in [-0.2, -0.15) is 10.2 Å². The first-order valence-corrected chi connectivity index (χ1v) is 14.7. The SMILES string of the molecule is COCC(c1ccco1)N1C[C@@H](CC(=O)Cc2c(C)c(-c3cnn(C)c3)nn2-c2ccccc2)[C@H](c2ccc(F)c(F)c2)C1. The average molecular weight is 600 g/mol. The molecule has 44 heavy (non-hydrogen) atoms. The quantitative estimate of drug-likeness (QED) is 0.184. The summed E-state index contributed by atoms with van der Waals surface area (Å²) in [6.45, 7) is 3.49. The molecule has 228 valence electrons. The molecule has 6 rings (SSSR count). The van der Waals surface area contributed by atoms with Crippen LogP contribution in [0.5, 0.6) is 0 Å². The monoisotopic (exact) mass is 599 g/mol. The molecule has 1 saturated heterocycles. The standard InChI is InChI=1S/C34H35F2N5O3/c1-22-31(41(26-8-5-4-6-9-26)38-34(22)25-17-37-39(2)18-25)16-27(42)14-24-19-40(32(21-43-3)33-10-7-13-44-33)20-28(24)23-11-12-29(35)30(36)15-23/h4-13,15,17-18,24,28,32H,14,16,19-21H2,1-3H3/t24-,28+,32?/m1/s1. The molecular formula is C34H35F2N5O3. The second-order valence-corrected chi connectivity index (χ2v) is 11.5. The fourth-order valence-corrected chi connectivity index (χ4v) is 6.38. The van der Waals surface area contributed by atoms with Crippen molar-refractivity contribution in [1.82, 2.24) is 24.5 Å². The summed E-state index contributed by atoms with van der Waals surface area (Å²) in [6, 6.07) is 17.4. The van der Waals surface area contributed by atoms with Crippen molar-refractivity contribution in [2.24, 2.45) is 13.0 Å². The van der Waals surface area contributed by atoms with Crippen LogP contribution in [0.3, 0.4) is 0 Å². The Hall–Kier alpha value is -4.41. The molecule has 0 aliphatic carbocycles. The van der Waals surface area contributed by atoms with Crippen LogP contribution in [0.25, 0.3) is 16.9 Å². The molecule has 3 atom stereocenters. The second kappa shape index (κ2) is 12.7. The number of para-hydroxylation sites is 1. The Bertz CT molecular complexity index is 1730. The van der Waals surface area contributed by atoms with Crippen LogP contribution < -0.4 is 0 Å². The van der Waals surface area contributed by atoms with Crippen molar-refractivity contribution in [3.63, 3.8) is 0 Å². The molecule has 1 fully saturated rings. The molecule has 0 spiro atoms. The number of hydrogen-bond acceptors (Lipinski definition) is 6. The lowest BCUT2D eigenvalue weighted by molar-refractivity contribution is -0.119. The third-order valence-electron chi connectivity index (χ3n) is 8.56. The molecule has 0 bridgehead atoms. The summed E-state index contributed by atoms with van der Waals surface area (Å²) >= 11 is 0. The highest BCUT2D eigenvalue weighted by molar-refractivity contribution is 5.82. The lowest BCUT2D eigenvalue weighted by atomic mass is 9.85. The Labute approximate surface area is 254 Å². The highest BCUT2D eigenvalue weighted by atomic mass is 19.2. The summed E-state index contributed by atoms with van der Waals surface area (Å²) in [6.07, 6.45) is 5.74. The molecule has 8 nitrogen and oxygen atoms in total. The minimum Gasteiger partial charge on any atom is -0.468 e. The van der Waals surface area contributed by atoms with Gasteiger partial charge in [-0.15, -0.1) is 0 Å². The summed E-state index contributed by atoms with van der Waals surface area (Å²) in [5, 5.41) is 9.22. The van der Waals surface area contributed by atoms with Crippen molar-refractivity contribution in [2.45, 2.75) is 31.7 Å². The van der Waals surface area contributed by atoms with Crippen molar-refractivity contribution in [2.75, 3.05) is 26.8 Å². The molecule has 1 aliphatic heterocycles. The van der Waals surface area contributed by atoms with Gasteiger partial charge in [0.15, 0.2) is 11.6 Å². The number of benzene rings is 2. The Balaban J connectivity index is 1.30. The van der Waals surface area contributed by atoms with E-state index in [9.17, 15) is 13.6 Å². The van der Waals surface area contributed by atoms with Crippen molar-refractivity contribution >= 4 is 5.78 Å². The van der Waals surface area contributed by atoms with Crippen molar-refractivity contribution in [1.29, 1.82) is 0 Å². The van der Waals surface area contributed by atoms with Crippen molar-refractivity contribution < 1.29 is 22.7 Å². The molecule has 0 amide bonds. The predicted molar refractivity (Wildman–Crippen MR) is 161 cm³/mol. The Morgan fingerprint density at radius 3 is 2.59 bits per heavy atom. The van der Waals surface area contributed by atoms with E-state index in [1.54, 1.807) is 30.3 Å². The van der Waals surface area contributed by atoms with Gasteiger partial charge in [0.1, 0.15) is 11.5 Å². The Morgan fingerprint density at radius 1 is 1.09 bits per heavy atom. The minimum absolute atomic E-state index is 0.0450. The first-order chi connectivity index (χ1) is 21.3. The second-order valence-electron chi connectivity index (χ2n) is 11.5. The van der Waals surface area contributed by atoms with Gasteiger partial charge in [0.2, 0.25) is 0 Å². The molecule has 4 heterocycles. The molecule has 1 unspecified atom stereocenters. The normalized spacial score (nSPS) is 17.8. The lowest BCUT2D eigenvalue weighted by Crippen LogP contribution is -2.30. The van der Waals surface area contributed by atoms with Gasteiger partial charge in [-0.3, -0.25) is 14.4 Å². The maximum atomic E-state index is 14.4. The van der Waals surface area contributed by atoms with Crippen LogP contribution in [-0.4, -0.2) is 57.1 Å². The number of aryl methyl sites for hydroxylation is 1. The molecule has 5 aromatic rings. The topological polar surface area (TPSA) is 78.3 Å². The fourth-order valence-electron chi connectivity index (χ4n) is 6.38. The van der Waals surface area contributed by atoms with Crippen molar-refractivity contribution in [3.8, 4) is 16.9 Å². The van der Waals surface area contributed by atoms with E-state index < -0.39 is 11.6 Å². The Kier molecular flexibility index (Phi) is 8.54. The first-order valence-electron chi connectivity index (χ1n) is 14.7. The number of carbonyl (C=O) groups is 1. The molecule has 1 aliphatic rings. The maximum absolute atomic E-state index is 14.4. The number of ether oxygens (including phenoxy) is 1. The molecule has 0 radical (unpaired) electrons. The summed E-state index contributed by atoms with van der Waals surface area (Å²) < 4.78 is 43.1. The smallest absolute Gasteiger partial charge is 0.159 e. The number of ketones is 1. The van der Waals surface area contributed by atoms with Gasteiger partial charge in [0.05, 0.1) is 42.2 Å². The number of furan rings is 1. The number of nitrogens with zero attached hydrogens (tertiary/aromatic N) is 5. The number of hydrogen-bond donors (Lipinski definition) is 0. The maximum Gasteiger partial charge on any atom is 0.159 e. The van der Waals surface area contributed by atoms with E-state index in [2.05, 4.69) is 10.00 Å². The van der Waals surface area contributed by atoms with E-state index in [-0.39, 0.29) is 36.5 Å². The molecule has 10 heteroatoms. The zero-order chi connectivity index (χ0) is 30.8. The number of rotatable bonds is 11. The van der Waals surface area contributed by atoms with Gasteiger partial charge in [-0.1, -0.05) is 24.3 Å². The number of Topliss-reactive ketones (excluding diaryl/α,β-unsaturated/α-hetero) is 1. The molecule has 2 aromatic carbocycles. The van der Waals surface area contributed by atoms with Crippen LogP contribution in [0.4, 0.5) is 8.78 Å². The van der Waals surface area contributed by atoms with Crippen LogP contribution in [0.2, 0.25) is 0 Å². The number of likely N-dealkylation sites (tertiary alicyclic amines) is 1. The third-order valence-corrected chi connectivity index (χ3v) is 8.56. The number of methoxy groups -OCH3 is 1. The van der Waals surface area contributed by atoms with E-state index >= 15 is 0 Å². The summed E-state index contributed by atoms with van der Waals surface area (Å²) in [4.78, 5) is 16.1. The Morgan fingerprint density at radius 2 is 1.91 bits per heavy atom. The van der Waals surface area contributed by atoms with Gasteiger partial charge in [0, 0.05) is 57.8 Å². The fraction of sp³-hybridized carbons (Fsp3) is 0.324. The molecule has 3 aromatic heterocycles. The minimum atomic E-state index is -0.893. The van der Waals surface area contributed by atoms with Gasteiger partial charge < -0.3 is 9.15 Å². The summed E-state index contributed by atoms with van der Waals surface area (Å²) in [7, 11) is 3.49. The average Bonchev–Trinajstić information content (AvgIpc) is 3.83. The van der Waals surface area contributed by atoms with Crippen LogP contribution in [0.1, 0.15) is 41.0 Å². The lowest BCUT2D eigenvalue weighted by Gasteiger charge is -2.25. The largest absolute Gasteiger partial charge is 0.468 e. The third kappa shape index (κ3) is 6.00. The number of carbonyl (C=O) groups excluding carboxylic acids is 1. The van der Waals surface area contributed by atoms with Crippen LogP contribution in [0, 0.1) is 24.5 Å². The highest BCUT2D eigenvalue weighted by Gasteiger charge is 2.39. The van der Waals surface area contributed by atoms with E-state index in [1.807, 2.05) is 67.3 Å². The van der Waals surface area contributed by atoms with Gasteiger partial charge in [-0.05, 0) is 60.4 Å². The summed E-state index contributed by atoms with van der Waals surface area (Å²) in [5.41, 5.74) is 4.91. The van der Waals surface area contributed by atoms with Crippen molar-refractivity contribution in [3.05, 3.63) is 114 Å². The number of aromatic nitrogens is 4. The van der Waals surface area contributed by atoms with Crippen LogP contribution in [0.15, 0.2) is 83.7 Å². The first kappa shape index (κ1) is 29.7. The zero-order valence-corrected chi connectivity index (χ0v) is 25.0. The van der Waals surface area contributed by atoms with Gasteiger partial charge >= 0.3 is 0 Å². The van der Waals surface area contributed by atoms with Gasteiger partial charge in [-0.25, -0.2) is 13.5 Å². The van der Waals surface area contributed by atoms with Gasteiger partial charge in [0.25, 0.3) is 0 Å². The van der Waals surface area contributed by atoms with E-state index in [1.165, 1.54) is 6.07 Å².